The number of rotatable bonds is 4. The molecule has 0 atom stereocenters. The minimum atomic E-state index is -0.185. The lowest BCUT2D eigenvalue weighted by molar-refractivity contribution is 0.313. The zero-order valence-corrected chi connectivity index (χ0v) is 12.0. The molecule has 5 heteroatoms. The highest BCUT2D eigenvalue weighted by atomic mass is 79.9. The van der Waals surface area contributed by atoms with Crippen LogP contribution in [0.1, 0.15) is 11.1 Å². The standard InChI is InChI=1S/C13H15BrFN3/c1-17(7-10-6-16-18(2)8-10)9-11-4-3-5-12(14)13(11)15/h3-6,8H,7,9H2,1-2H3. The van der Waals surface area contributed by atoms with Crippen LogP contribution in [0.3, 0.4) is 0 Å². The van der Waals surface area contributed by atoms with E-state index in [9.17, 15) is 4.39 Å². The van der Waals surface area contributed by atoms with E-state index in [0.717, 1.165) is 12.1 Å². The molecule has 0 spiro atoms. The molecule has 2 rings (SSSR count). The summed E-state index contributed by atoms with van der Waals surface area (Å²) in [5.41, 5.74) is 1.81. The Labute approximate surface area is 114 Å². The van der Waals surface area contributed by atoms with Crippen molar-refractivity contribution in [1.29, 1.82) is 0 Å². The topological polar surface area (TPSA) is 21.1 Å². The van der Waals surface area contributed by atoms with Gasteiger partial charge < -0.3 is 0 Å². The highest BCUT2D eigenvalue weighted by Crippen LogP contribution is 2.20. The second kappa shape index (κ2) is 5.63. The van der Waals surface area contributed by atoms with Gasteiger partial charge in [0.15, 0.2) is 0 Å². The smallest absolute Gasteiger partial charge is 0.141 e. The Kier molecular flexibility index (Phi) is 4.14. The van der Waals surface area contributed by atoms with Crippen molar-refractivity contribution in [2.75, 3.05) is 7.05 Å². The molecule has 18 heavy (non-hydrogen) atoms. The molecule has 0 fully saturated rings. The Morgan fingerprint density at radius 3 is 2.83 bits per heavy atom. The minimum absolute atomic E-state index is 0.185. The summed E-state index contributed by atoms with van der Waals surface area (Å²) in [6.07, 6.45) is 3.79. The van der Waals surface area contributed by atoms with Crippen LogP contribution in [0.2, 0.25) is 0 Å². The summed E-state index contributed by atoms with van der Waals surface area (Å²) in [5, 5.41) is 4.12. The second-order valence-electron chi connectivity index (χ2n) is 4.41. The van der Waals surface area contributed by atoms with E-state index in [2.05, 4.69) is 25.9 Å². The van der Waals surface area contributed by atoms with Crippen LogP contribution in [0.4, 0.5) is 4.39 Å². The van der Waals surface area contributed by atoms with Crippen LogP contribution in [0.25, 0.3) is 0 Å². The number of nitrogens with zero attached hydrogens (tertiary/aromatic N) is 3. The summed E-state index contributed by atoms with van der Waals surface area (Å²) in [4.78, 5) is 2.06. The van der Waals surface area contributed by atoms with Crippen LogP contribution in [-0.4, -0.2) is 21.7 Å². The molecule has 0 radical (unpaired) electrons. The van der Waals surface area contributed by atoms with E-state index in [1.54, 1.807) is 16.8 Å². The van der Waals surface area contributed by atoms with E-state index >= 15 is 0 Å². The molecule has 96 valence electrons. The van der Waals surface area contributed by atoms with Crippen molar-refractivity contribution in [3.63, 3.8) is 0 Å². The van der Waals surface area contributed by atoms with Crippen LogP contribution < -0.4 is 0 Å². The maximum atomic E-state index is 13.8. The molecular weight excluding hydrogens is 297 g/mol. The summed E-state index contributed by atoms with van der Waals surface area (Å²) < 4.78 is 16.1. The molecule has 0 bridgehead atoms. The van der Waals surface area contributed by atoms with E-state index in [0.29, 0.717) is 16.6 Å². The fraction of sp³-hybridized carbons (Fsp3) is 0.308. The van der Waals surface area contributed by atoms with Gasteiger partial charge in [0.1, 0.15) is 5.82 Å². The van der Waals surface area contributed by atoms with Gasteiger partial charge in [-0.2, -0.15) is 5.10 Å². The number of benzene rings is 1. The van der Waals surface area contributed by atoms with Crippen LogP contribution in [-0.2, 0) is 20.1 Å². The molecule has 0 amide bonds. The van der Waals surface area contributed by atoms with Crippen molar-refractivity contribution >= 4 is 15.9 Å². The summed E-state index contributed by atoms with van der Waals surface area (Å²) >= 11 is 3.20. The predicted octanol–water partition coefficient (Wildman–Crippen LogP) is 2.95. The normalized spacial score (nSPS) is 11.2. The van der Waals surface area contributed by atoms with Crippen LogP contribution in [0.5, 0.6) is 0 Å². The first-order chi connectivity index (χ1) is 8.56. The van der Waals surface area contributed by atoms with Crippen LogP contribution in [0.15, 0.2) is 35.1 Å². The van der Waals surface area contributed by atoms with Gasteiger partial charge in [-0.05, 0) is 29.0 Å². The molecule has 2 aromatic rings. The van der Waals surface area contributed by atoms with Gasteiger partial charge in [-0.1, -0.05) is 12.1 Å². The number of hydrogen-bond acceptors (Lipinski definition) is 2. The Hall–Kier alpha value is -1.20. The van der Waals surface area contributed by atoms with Crippen molar-refractivity contribution in [2.24, 2.45) is 7.05 Å². The predicted molar refractivity (Wildman–Crippen MR) is 72.5 cm³/mol. The fourth-order valence-electron chi connectivity index (χ4n) is 1.88. The van der Waals surface area contributed by atoms with E-state index in [4.69, 9.17) is 0 Å². The van der Waals surface area contributed by atoms with E-state index in [1.807, 2.05) is 32.6 Å². The summed E-state index contributed by atoms with van der Waals surface area (Å²) in [6, 6.07) is 5.36. The first-order valence-corrected chi connectivity index (χ1v) is 6.44. The molecule has 3 nitrogen and oxygen atoms in total. The van der Waals surface area contributed by atoms with Gasteiger partial charge in [-0.3, -0.25) is 9.58 Å². The van der Waals surface area contributed by atoms with Crippen molar-refractivity contribution in [3.8, 4) is 0 Å². The second-order valence-corrected chi connectivity index (χ2v) is 5.26. The molecule has 0 aliphatic carbocycles. The van der Waals surface area contributed by atoms with Crippen LogP contribution >= 0.6 is 15.9 Å². The zero-order valence-electron chi connectivity index (χ0n) is 10.4. The van der Waals surface area contributed by atoms with Gasteiger partial charge in [-0.15, -0.1) is 0 Å². The Morgan fingerprint density at radius 2 is 2.17 bits per heavy atom. The molecule has 1 heterocycles. The first-order valence-electron chi connectivity index (χ1n) is 5.65. The Bertz CT molecular complexity index is 539. The summed E-state index contributed by atoms with van der Waals surface area (Å²) in [5.74, 6) is -0.185. The Balaban J connectivity index is 2.03. The third kappa shape index (κ3) is 3.17. The summed E-state index contributed by atoms with van der Waals surface area (Å²) in [7, 11) is 3.85. The molecule has 0 saturated carbocycles. The molecular formula is C13H15BrFN3. The highest BCUT2D eigenvalue weighted by molar-refractivity contribution is 9.10. The quantitative estimate of drug-likeness (QED) is 0.865. The number of aryl methyl sites for hydroxylation is 1. The SMILES string of the molecule is CN(Cc1cnn(C)c1)Cc1cccc(Br)c1F. The van der Waals surface area contributed by atoms with E-state index in [1.165, 1.54) is 0 Å². The van der Waals surface area contributed by atoms with E-state index < -0.39 is 0 Å². The third-order valence-corrected chi connectivity index (χ3v) is 3.30. The summed E-state index contributed by atoms with van der Waals surface area (Å²) in [6.45, 7) is 1.32. The number of halogens is 2. The third-order valence-electron chi connectivity index (χ3n) is 2.68. The maximum Gasteiger partial charge on any atom is 0.141 e. The Morgan fingerprint density at radius 1 is 1.39 bits per heavy atom. The molecule has 0 unspecified atom stereocenters. The molecule has 1 aromatic carbocycles. The average Bonchev–Trinajstić information content (AvgIpc) is 2.70. The van der Waals surface area contributed by atoms with Crippen molar-refractivity contribution in [1.82, 2.24) is 14.7 Å². The van der Waals surface area contributed by atoms with E-state index in [-0.39, 0.29) is 5.82 Å². The van der Waals surface area contributed by atoms with Crippen molar-refractivity contribution < 1.29 is 4.39 Å². The minimum Gasteiger partial charge on any atom is -0.298 e. The molecule has 0 N–H and O–H groups in total. The largest absolute Gasteiger partial charge is 0.298 e. The lowest BCUT2D eigenvalue weighted by Crippen LogP contribution is -2.17. The molecule has 0 saturated heterocycles. The molecule has 1 aromatic heterocycles. The average molecular weight is 312 g/mol. The van der Waals surface area contributed by atoms with Gasteiger partial charge in [0, 0.05) is 37.5 Å². The number of aromatic nitrogens is 2. The van der Waals surface area contributed by atoms with Gasteiger partial charge in [0.2, 0.25) is 0 Å². The zero-order chi connectivity index (χ0) is 13.1. The monoisotopic (exact) mass is 311 g/mol. The highest BCUT2D eigenvalue weighted by Gasteiger charge is 2.09. The van der Waals surface area contributed by atoms with Gasteiger partial charge in [0.25, 0.3) is 0 Å². The first kappa shape index (κ1) is 13.2. The number of hydrogen-bond donors (Lipinski definition) is 0. The lowest BCUT2D eigenvalue weighted by Gasteiger charge is -2.16. The fourth-order valence-corrected chi connectivity index (χ4v) is 2.29. The molecule has 0 aliphatic rings. The van der Waals surface area contributed by atoms with Crippen molar-refractivity contribution in [3.05, 3.63) is 52.0 Å². The lowest BCUT2D eigenvalue weighted by atomic mass is 10.2. The van der Waals surface area contributed by atoms with Gasteiger partial charge in [-0.25, -0.2) is 4.39 Å². The van der Waals surface area contributed by atoms with Gasteiger partial charge >= 0.3 is 0 Å². The van der Waals surface area contributed by atoms with Gasteiger partial charge in [0.05, 0.1) is 10.7 Å². The maximum absolute atomic E-state index is 13.8. The van der Waals surface area contributed by atoms with Crippen molar-refractivity contribution in [2.45, 2.75) is 13.1 Å². The molecule has 0 aliphatic heterocycles. The van der Waals surface area contributed by atoms with Crippen LogP contribution in [0, 0.1) is 5.82 Å².